The zero-order valence-electron chi connectivity index (χ0n) is 10.5. The molecule has 0 saturated heterocycles. The van der Waals surface area contributed by atoms with Crippen molar-refractivity contribution in [3.05, 3.63) is 28.6 Å². The van der Waals surface area contributed by atoms with Gasteiger partial charge in [-0.15, -0.1) is 0 Å². The van der Waals surface area contributed by atoms with Gasteiger partial charge in [-0.3, -0.25) is 0 Å². The first-order chi connectivity index (χ1) is 8.78. The summed E-state index contributed by atoms with van der Waals surface area (Å²) < 4.78 is 8.35. The van der Waals surface area contributed by atoms with E-state index in [-0.39, 0.29) is 0 Å². The standard InChI is InChI=1S/C14H17BrN2O/c1-18-13-7-14-16-12(9-17(14)8-11(13)15)10-5-3-2-4-6-10/h7-10H,2-6H2,1H3. The van der Waals surface area contributed by atoms with E-state index in [9.17, 15) is 0 Å². The van der Waals surface area contributed by atoms with Crippen LogP contribution in [0.15, 0.2) is 22.9 Å². The van der Waals surface area contributed by atoms with Crippen LogP contribution in [0.5, 0.6) is 5.75 Å². The van der Waals surface area contributed by atoms with Crippen molar-refractivity contribution >= 4 is 21.6 Å². The van der Waals surface area contributed by atoms with E-state index in [1.54, 1.807) is 7.11 Å². The van der Waals surface area contributed by atoms with Crippen molar-refractivity contribution in [3.8, 4) is 5.75 Å². The van der Waals surface area contributed by atoms with Crippen molar-refractivity contribution in [3.63, 3.8) is 0 Å². The molecule has 0 N–H and O–H groups in total. The van der Waals surface area contributed by atoms with Gasteiger partial charge >= 0.3 is 0 Å². The third-order valence-electron chi connectivity index (χ3n) is 3.77. The van der Waals surface area contributed by atoms with Crippen LogP contribution in [0.3, 0.4) is 0 Å². The SMILES string of the molecule is COc1cc2nc(C3CCCCC3)cn2cc1Br. The zero-order valence-corrected chi connectivity index (χ0v) is 12.1. The summed E-state index contributed by atoms with van der Waals surface area (Å²) in [6.45, 7) is 0. The molecular weight excluding hydrogens is 292 g/mol. The molecule has 2 aromatic heterocycles. The molecule has 18 heavy (non-hydrogen) atoms. The van der Waals surface area contributed by atoms with Gasteiger partial charge in [-0.05, 0) is 28.8 Å². The maximum atomic E-state index is 5.31. The van der Waals surface area contributed by atoms with E-state index in [0.717, 1.165) is 15.9 Å². The minimum atomic E-state index is 0.642. The number of aromatic nitrogens is 2. The second kappa shape index (κ2) is 4.92. The van der Waals surface area contributed by atoms with Gasteiger partial charge in [-0.2, -0.15) is 0 Å². The van der Waals surface area contributed by atoms with E-state index >= 15 is 0 Å². The van der Waals surface area contributed by atoms with Crippen LogP contribution in [0.2, 0.25) is 0 Å². The predicted molar refractivity (Wildman–Crippen MR) is 75.3 cm³/mol. The number of pyridine rings is 1. The summed E-state index contributed by atoms with van der Waals surface area (Å²) in [5.41, 5.74) is 2.20. The molecule has 0 amide bonds. The van der Waals surface area contributed by atoms with Crippen LogP contribution >= 0.6 is 15.9 Å². The molecule has 1 saturated carbocycles. The molecule has 0 spiro atoms. The monoisotopic (exact) mass is 308 g/mol. The number of halogens is 1. The fraction of sp³-hybridized carbons (Fsp3) is 0.500. The van der Waals surface area contributed by atoms with Crippen LogP contribution < -0.4 is 4.74 Å². The Morgan fingerprint density at radius 2 is 2.06 bits per heavy atom. The summed E-state index contributed by atoms with van der Waals surface area (Å²) >= 11 is 3.51. The lowest BCUT2D eigenvalue weighted by Crippen LogP contribution is -2.04. The molecule has 1 aliphatic carbocycles. The van der Waals surface area contributed by atoms with E-state index in [1.165, 1.54) is 37.8 Å². The molecule has 4 heteroatoms. The molecule has 0 aromatic carbocycles. The smallest absolute Gasteiger partial charge is 0.140 e. The molecular formula is C14H17BrN2O. The van der Waals surface area contributed by atoms with Gasteiger partial charge in [0.15, 0.2) is 0 Å². The quantitative estimate of drug-likeness (QED) is 0.833. The summed E-state index contributed by atoms with van der Waals surface area (Å²) in [5.74, 6) is 1.48. The van der Waals surface area contributed by atoms with Crippen LogP contribution in [0.25, 0.3) is 5.65 Å². The van der Waals surface area contributed by atoms with Crippen molar-refractivity contribution in [2.75, 3.05) is 7.11 Å². The molecule has 1 fully saturated rings. The summed E-state index contributed by atoms with van der Waals surface area (Å²) in [5, 5.41) is 0. The van der Waals surface area contributed by atoms with Gasteiger partial charge in [0, 0.05) is 24.4 Å². The molecule has 0 bridgehead atoms. The summed E-state index contributed by atoms with van der Waals surface area (Å²) in [6, 6.07) is 1.98. The third-order valence-corrected chi connectivity index (χ3v) is 4.37. The molecule has 1 aliphatic rings. The number of imidazole rings is 1. The number of hydrogen-bond acceptors (Lipinski definition) is 2. The lowest BCUT2D eigenvalue weighted by molar-refractivity contribution is 0.412. The summed E-state index contributed by atoms with van der Waals surface area (Å²) in [7, 11) is 1.68. The number of nitrogens with zero attached hydrogens (tertiary/aromatic N) is 2. The summed E-state index contributed by atoms with van der Waals surface area (Å²) in [6.07, 6.45) is 10.8. The van der Waals surface area contributed by atoms with E-state index in [4.69, 9.17) is 9.72 Å². The van der Waals surface area contributed by atoms with Gasteiger partial charge in [-0.1, -0.05) is 19.3 Å². The number of hydrogen-bond donors (Lipinski definition) is 0. The lowest BCUT2D eigenvalue weighted by Gasteiger charge is -2.19. The van der Waals surface area contributed by atoms with Crippen molar-refractivity contribution < 1.29 is 4.74 Å². The second-order valence-electron chi connectivity index (χ2n) is 4.96. The fourth-order valence-electron chi connectivity index (χ4n) is 2.76. The maximum absolute atomic E-state index is 5.31. The Bertz CT molecular complexity index is 558. The van der Waals surface area contributed by atoms with Crippen molar-refractivity contribution in [1.29, 1.82) is 0 Å². The van der Waals surface area contributed by atoms with Gasteiger partial charge in [0.25, 0.3) is 0 Å². The molecule has 96 valence electrons. The largest absolute Gasteiger partial charge is 0.495 e. The first-order valence-corrected chi connectivity index (χ1v) is 7.29. The maximum Gasteiger partial charge on any atom is 0.140 e. The minimum Gasteiger partial charge on any atom is -0.495 e. The average molecular weight is 309 g/mol. The molecule has 2 aromatic rings. The Balaban J connectivity index is 1.99. The van der Waals surface area contributed by atoms with Gasteiger partial charge in [0.1, 0.15) is 11.4 Å². The van der Waals surface area contributed by atoms with Gasteiger partial charge in [0.2, 0.25) is 0 Å². The Morgan fingerprint density at radius 3 is 2.78 bits per heavy atom. The second-order valence-corrected chi connectivity index (χ2v) is 5.81. The molecule has 3 rings (SSSR count). The molecule has 0 unspecified atom stereocenters. The molecule has 2 heterocycles. The topological polar surface area (TPSA) is 26.5 Å². The van der Waals surface area contributed by atoms with E-state index in [0.29, 0.717) is 5.92 Å². The number of ether oxygens (including phenoxy) is 1. The van der Waals surface area contributed by atoms with Gasteiger partial charge in [0.05, 0.1) is 17.3 Å². The molecule has 0 aliphatic heterocycles. The predicted octanol–water partition coefficient (Wildman–Crippen LogP) is 4.15. The van der Waals surface area contributed by atoms with Gasteiger partial charge < -0.3 is 9.14 Å². The van der Waals surface area contributed by atoms with E-state index in [1.807, 2.05) is 12.3 Å². The zero-order chi connectivity index (χ0) is 12.5. The van der Waals surface area contributed by atoms with Crippen LogP contribution in [0.4, 0.5) is 0 Å². The average Bonchev–Trinajstić information content (AvgIpc) is 2.81. The van der Waals surface area contributed by atoms with Crippen LogP contribution in [0, 0.1) is 0 Å². The fourth-order valence-corrected chi connectivity index (χ4v) is 3.26. The van der Waals surface area contributed by atoms with Gasteiger partial charge in [-0.25, -0.2) is 4.98 Å². The first-order valence-electron chi connectivity index (χ1n) is 6.50. The summed E-state index contributed by atoms with van der Waals surface area (Å²) in [4.78, 5) is 4.75. The molecule has 3 nitrogen and oxygen atoms in total. The number of rotatable bonds is 2. The normalized spacial score (nSPS) is 17.2. The highest BCUT2D eigenvalue weighted by atomic mass is 79.9. The van der Waals surface area contributed by atoms with Crippen LogP contribution in [0.1, 0.15) is 43.7 Å². The highest BCUT2D eigenvalue weighted by Gasteiger charge is 2.18. The van der Waals surface area contributed by atoms with E-state index in [2.05, 4.69) is 26.5 Å². The minimum absolute atomic E-state index is 0.642. The molecule has 0 radical (unpaired) electrons. The van der Waals surface area contributed by atoms with Crippen molar-refractivity contribution in [2.45, 2.75) is 38.0 Å². The Kier molecular flexibility index (Phi) is 3.29. The highest BCUT2D eigenvalue weighted by Crippen LogP contribution is 2.33. The highest BCUT2D eigenvalue weighted by molar-refractivity contribution is 9.10. The lowest BCUT2D eigenvalue weighted by atomic mass is 9.87. The Morgan fingerprint density at radius 1 is 1.28 bits per heavy atom. The van der Waals surface area contributed by atoms with Crippen molar-refractivity contribution in [2.24, 2.45) is 0 Å². The third kappa shape index (κ3) is 2.14. The van der Waals surface area contributed by atoms with Crippen LogP contribution in [-0.4, -0.2) is 16.5 Å². The first kappa shape index (κ1) is 12.0. The van der Waals surface area contributed by atoms with E-state index < -0.39 is 0 Å². The molecule has 0 atom stereocenters. The Labute approximate surface area is 115 Å². The van der Waals surface area contributed by atoms with Crippen LogP contribution in [-0.2, 0) is 0 Å². The number of fused-ring (bicyclic) bond motifs is 1. The van der Waals surface area contributed by atoms with Crippen molar-refractivity contribution in [1.82, 2.24) is 9.38 Å². The Hall–Kier alpha value is -1.03. The number of methoxy groups -OCH3 is 1.